The van der Waals surface area contributed by atoms with Crippen molar-refractivity contribution in [3.63, 3.8) is 0 Å². The minimum atomic E-state index is -0.797. The van der Waals surface area contributed by atoms with Crippen LogP contribution in [0.1, 0.15) is 146 Å². The molecule has 0 bridgehead atoms. The molecule has 2 N–H and O–H groups in total. The van der Waals surface area contributed by atoms with Crippen molar-refractivity contribution in [1.82, 2.24) is 18.8 Å². The van der Waals surface area contributed by atoms with E-state index in [-0.39, 0.29) is 23.7 Å². The number of benzene rings is 2. The Bertz CT molecular complexity index is 2170. The molecule has 0 saturated heterocycles. The molecule has 10 rings (SSSR count). The second kappa shape index (κ2) is 15.4. The quantitative estimate of drug-likeness (QED) is 0.151. The fraction of sp³-hybridized carbons (Fsp3) is 0.435. The maximum absolute atomic E-state index is 13.6. The molecule has 4 aliphatic rings. The fourth-order valence-electron chi connectivity index (χ4n) is 9.75. The van der Waals surface area contributed by atoms with Gasteiger partial charge in [0.15, 0.2) is 23.3 Å². The number of halogens is 4. The molecule has 0 aliphatic heterocycles. The summed E-state index contributed by atoms with van der Waals surface area (Å²) in [6.45, 7) is 0. The molecule has 0 amide bonds. The number of imidazole rings is 2. The molecule has 0 unspecified atom stereocenters. The number of fused-ring (bicyclic) bond motifs is 2. The number of hydrogen-bond donors (Lipinski definition) is 2. The summed E-state index contributed by atoms with van der Waals surface area (Å²) in [5, 5.41) is 22.6. The van der Waals surface area contributed by atoms with Crippen molar-refractivity contribution in [3.05, 3.63) is 143 Å². The van der Waals surface area contributed by atoms with Gasteiger partial charge in [0.25, 0.3) is 0 Å². The van der Waals surface area contributed by atoms with E-state index < -0.39 is 35.5 Å². The first-order valence-electron chi connectivity index (χ1n) is 20.4. The first-order chi connectivity index (χ1) is 27.2. The van der Waals surface area contributed by atoms with E-state index in [1.807, 2.05) is 33.6 Å². The van der Waals surface area contributed by atoms with E-state index in [0.29, 0.717) is 11.8 Å². The van der Waals surface area contributed by atoms with Crippen molar-refractivity contribution < 1.29 is 27.8 Å². The van der Waals surface area contributed by atoms with Crippen LogP contribution in [-0.4, -0.2) is 29.0 Å². The molecule has 0 spiro atoms. The van der Waals surface area contributed by atoms with Gasteiger partial charge in [0, 0.05) is 23.5 Å². The highest BCUT2D eigenvalue weighted by Crippen LogP contribution is 2.49. The minimum absolute atomic E-state index is 0.181. The molecule has 4 heterocycles. The summed E-state index contributed by atoms with van der Waals surface area (Å²) in [4.78, 5) is 8.53. The van der Waals surface area contributed by atoms with E-state index in [9.17, 15) is 27.8 Å². The van der Waals surface area contributed by atoms with Crippen LogP contribution in [0, 0.1) is 35.1 Å². The zero-order valence-electron chi connectivity index (χ0n) is 31.4. The first-order valence-corrected chi connectivity index (χ1v) is 20.4. The molecule has 10 heteroatoms. The molecule has 4 saturated carbocycles. The molecule has 2 aromatic carbocycles. The average molecular weight is 765 g/mol. The summed E-state index contributed by atoms with van der Waals surface area (Å²) in [7, 11) is 0. The van der Waals surface area contributed by atoms with Gasteiger partial charge in [0.05, 0.1) is 48.3 Å². The predicted molar refractivity (Wildman–Crippen MR) is 206 cm³/mol. The van der Waals surface area contributed by atoms with E-state index in [0.717, 1.165) is 84.7 Å². The van der Waals surface area contributed by atoms with Gasteiger partial charge in [-0.3, -0.25) is 0 Å². The van der Waals surface area contributed by atoms with Crippen molar-refractivity contribution in [1.29, 1.82) is 0 Å². The highest BCUT2D eigenvalue weighted by Gasteiger charge is 2.36. The third-order valence-corrected chi connectivity index (χ3v) is 13.2. The Labute approximate surface area is 324 Å². The van der Waals surface area contributed by atoms with Crippen molar-refractivity contribution in [3.8, 4) is 0 Å². The summed E-state index contributed by atoms with van der Waals surface area (Å²) >= 11 is 0. The van der Waals surface area contributed by atoms with Crippen LogP contribution in [-0.2, 0) is 0 Å². The Morgan fingerprint density at radius 3 is 1.21 bits per heavy atom. The Morgan fingerprint density at radius 2 is 0.857 bits per heavy atom. The third-order valence-electron chi connectivity index (χ3n) is 13.2. The first kappa shape index (κ1) is 37.1. The van der Waals surface area contributed by atoms with Crippen LogP contribution >= 0.6 is 0 Å². The van der Waals surface area contributed by atoms with Gasteiger partial charge >= 0.3 is 0 Å². The smallest absolute Gasteiger partial charge is 0.159 e. The van der Waals surface area contributed by atoms with Crippen LogP contribution in [0.2, 0.25) is 0 Å². The highest BCUT2D eigenvalue weighted by molar-refractivity contribution is 5.60. The van der Waals surface area contributed by atoms with E-state index in [4.69, 9.17) is 0 Å². The molecular weight excluding hydrogens is 717 g/mol. The van der Waals surface area contributed by atoms with Crippen molar-refractivity contribution >= 4 is 11.0 Å². The summed E-state index contributed by atoms with van der Waals surface area (Å²) < 4.78 is 57.6. The predicted octanol–water partition coefficient (Wildman–Crippen LogP) is 11.0. The molecule has 4 aliphatic carbocycles. The standard InChI is InChI=1S/2C23H24F2N2O/c2*24-19-8-7-17(11-20(19)25)14-1-5-16(6-2-14)23(28)22-18(15-3-4-15)9-10-27-13-26-12-21(22)27/h2*7-16,23,28H,1-6H2/t2*14?,16?,23-/m10/s1. The van der Waals surface area contributed by atoms with Crippen molar-refractivity contribution in [2.45, 2.75) is 113 Å². The summed E-state index contributed by atoms with van der Waals surface area (Å²) in [6, 6.07) is 12.7. The number of aromatic nitrogens is 4. The molecule has 0 radical (unpaired) electrons. The van der Waals surface area contributed by atoms with Crippen molar-refractivity contribution in [2.24, 2.45) is 11.8 Å². The summed E-state index contributed by atoms with van der Waals surface area (Å²) in [5.74, 6) is -1.21. The minimum Gasteiger partial charge on any atom is -0.388 e. The molecule has 6 nitrogen and oxygen atoms in total. The maximum atomic E-state index is 13.6. The van der Waals surface area contributed by atoms with Crippen LogP contribution in [0.4, 0.5) is 17.6 Å². The second-order valence-electron chi connectivity index (χ2n) is 16.8. The average Bonchev–Trinajstić information content (AvgIpc) is 4.16. The summed E-state index contributed by atoms with van der Waals surface area (Å²) in [5.41, 5.74) is 8.34. The SMILES string of the molecule is O[C@@H](c1c(C2CC2)ccn2cncc12)C1CCC(c2ccc(F)c(F)c2)CC1.O[C@H](c1c(C2CC2)ccn2cncc12)C1CCC(c2ccc(F)c(F)c2)CC1. The Balaban J connectivity index is 0.000000146. The van der Waals surface area contributed by atoms with Gasteiger partial charge in [-0.1, -0.05) is 12.1 Å². The Kier molecular flexibility index (Phi) is 10.2. The Hall–Kier alpha value is -4.54. The number of aliphatic hydroxyl groups excluding tert-OH is 2. The number of nitrogens with zero attached hydrogens (tertiary/aromatic N) is 4. The second-order valence-corrected chi connectivity index (χ2v) is 16.8. The van der Waals surface area contributed by atoms with E-state index in [1.165, 1.54) is 61.1 Å². The lowest BCUT2D eigenvalue weighted by atomic mass is 9.75. The lowest BCUT2D eigenvalue weighted by Crippen LogP contribution is -2.21. The molecule has 292 valence electrons. The highest BCUT2D eigenvalue weighted by atomic mass is 19.2. The fourth-order valence-corrected chi connectivity index (χ4v) is 9.75. The van der Waals surface area contributed by atoms with Gasteiger partial charge in [0.1, 0.15) is 0 Å². The van der Waals surface area contributed by atoms with Gasteiger partial charge in [0.2, 0.25) is 0 Å². The zero-order valence-corrected chi connectivity index (χ0v) is 31.4. The number of aliphatic hydroxyl groups is 2. The number of rotatable bonds is 8. The van der Waals surface area contributed by atoms with Crippen LogP contribution in [0.25, 0.3) is 11.0 Å². The molecule has 2 atom stereocenters. The number of pyridine rings is 2. The van der Waals surface area contributed by atoms with Gasteiger partial charge in [-0.2, -0.15) is 0 Å². The van der Waals surface area contributed by atoms with Gasteiger partial charge in [-0.25, -0.2) is 27.5 Å². The molecule has 4 aromatic heterocycles. The molecular formula is C46H48F4N4O2. The molecule has 6 aromatic rings. The largest absolute Gasteiger partial charge is 0.388 e. The van der Waals surface area contributed by atoms with Crippen LogP contribution < -0.4 is 0 Å². The Morgan fingerprint density at radius 1 is 0.482 bits per heavy atom. The van der Waals surface area contributed by atoms with E-state index in [1.54, 1.807) is 24.8 Å². The van der Waals surface area contributed by atoms with Crippen LogP contribution in [0.3, 0.4) is 0 Å². The maximum Gasteiger partial charge on any atom is 0.159 e. The van der Waals surface area contributed by atoms with Gasteiger partial charge in [-0.15, -0.1) is 0 Å². The summed E-state index contributed by atoms with van der Waals surface area (Å²) in [6.07, 6.45) is 22.1. The normalized spacial score (nSPS) is 23.8. The number of hydrogen-bond acceptors (Lipinski definition) is 4. The zero-order chi connectivity index (χ0) is 38.5. The monoisotopic (exact) mass is 764 g/mol. The third kappa shape index (κ3) is 7.38. The van der Waals surface area contributed by atoms with Gasteiger partial charge in [-0.05, 0) is 171 Å². The lowest BCUT2D eigenvalue weighted by Gasteiger charge is -2.33. The lowest BCUT2D eigenvalue weighted by molar-refractivity contribution is 0.0808. The molecule has 4 fully saturated rings. The van der Waals surface area contributed by atoms with E-state index >= 15 is 0 Å². The molecule has 56 heavy (non-hydrogen) atoms. The van der Waals surface area contributed by atoms with Crippen molar-refractivity contribution in [2.75, 3.05) is 0 Å². The van der Waals surface area contributed by atoms with Gasteiger partial charge < -0.3 is 19.0 Å². The van der Waals surface area contributed by atoms with E-state index in [2.05, 4.69) is 22.1 Å². The topological polar surface area (TPSA) is 75.1 Å². The van der Waals surface area contributed by atoms with Crippen LogP contribution in [0.5, 0.6) is 0 Å². The van der Waals surface area contributed by atoms with Crippen LogP contribution in [0.15, 0.2) is 86.0 Å².